The van der Waals surface area contributed by atoms with Crippen molar-refractivity contribution in [1.29, 1.82) is 0 Å². The van der Waals surface area contributed by atoms with Gasteiger partial charge in [-0.25, -0.2) is 0 Å². The maximum atomic E-state index is 5.85. The zero-order valence-corrected chi connectivity index (χ0v) is 12.8. The van der Waals surface area contributed by atoms with Crippen LogP contribution in [0.2, 0.25) is 0 Å². The number of nitrogens with two attached hydrogens (primary N) is 1. The Balaban J connectivity index is 1.98. The smallest absolute Gasteiger partial charge is 0.167 e. The topological polar surface area (TPSA) is 57.0 Å². The van der Waals surface area contributed by atoms with Gasteiger partial charge in [-0.15, -0.1) is 0 Å². The Kier molecular flexibility index (Phi) is 4.33. The number of benzene rings is 1. The summed E-state index contributed by atoms with van der Waals surface area (Å²) < 4.78 is 16.9. The number of rotatable bonds is 4. The normalized spacial score (nSPS) is 25.3. The predicted octanol–water partition coefficient (Wildman–Crippen LogP) is 1.56. The molecule has 2 unspecified atom stereocenters. The molecule has 0 aromatic heterocycles. The number of ether oxygens (including phenoxy) is 3. The predicted molar refractivity (Wildman–Crippen MR) is 80.7 cm³/mol. The van der Waals surface area contributed by atoms with Gasteiger partial charge in [0, 0.05) is 25.3 Å². The van der Waals surface area contributed by atoms with Crippen molar-refractivity contribution in [2.24, 2.45) is 11.7 Å². The van der Waals surface area contributed by atoms with Crippen LogP contribution in [0.4, 0.5) is 0 Å². The highest BCUT2D eigenvalue weighted by Gasteiger charge is 2.33. The van der Waals surface area contributed by atoms with Crippen molar-refractivity contribution in [2.75, 3.05) is 40.5 Å². The summed E-state index contributed by atoms with van der Waals surface area (Å²) in [5.41, 5.74) is 8.24. The molecule has 0 spiro atoms. The SMILES string of the molecule is COCc1c(C2CC(CN)CN2C)ccc2c1OCCO2. The van der Waals surface area contributed by atoms with Gasteiger partial charge in [-0.3, -0.25) is 4.90 Å². The van der Waals surface area contributed by atoms with Gasteiger partial charge < -0.3 is 19.9 Å². The van der Waals surface area contributed by atoms with E-state index in [2.05, 4.69) is 18.0 Å². The number of likely N-dealkylation sites (tertiary alicyclic amines) is 1. The molecule has 0 amide bonds. The van der Waals surface area contributed by atoms with E-state index in [9.17, 15) is 0 Å². The summed E-state index contributed by atoms with van der Waals surface area (Å²) >= 11 is 0. The van der Waals surface area contributed by atoms with E-state index in [1.807, 2.05) is 6.07 Å². The van der Waals surface area contributed by atoms with Crippen LogP contribution in [0.5, 0.6) is 11.5 Å². The first kappa shape index (κ1) is 14.6. The molecule has 2 aliphatic rings. The highest BCUT2D eigenvalue weighted by atomic mass is 16.6. The van der Waals surface area contributed by atoms with Gasteiger partial charge in [0.25, 0.3) is 0 Å². The van der Waals surface area contributed by atoms with Crippen LogP contribution in [-0.2, 0) is 11.3 Å². The summed E-state index contributed by atoms with van der Waals surface area (Å²) in [6, 6.07) is 4.55. The quantitative estimate of drug-likeness (QED) is 0.912. The van der Waals surface area contributed by atoms with Crippen LogP contribution in [0.3, 0.4) is 0 Å². The van der Waals surface area contributed by atoms with E-state index in [1.165, 1.54) is 5.56 Å². The Bertz CT molecular complexity index is 507. The summed E-state index contributed by atoms with van der Waals surface area (Å²) in [6.45, 7) is 3.53. The van der Waals surface area contributed by atoms with Crippen LogP contribution in [0.25, 0.3) is 0 Å². The first-order valence-corrected chi connectivity index (χ1v) is 7.55. The lowest BCUT2D eigenvalue weighted by molar-refractivity contribution is 0.151. The Labute approximate surface area is 126 Å². The first-order chi connectivity index (χ1) is 10.2. The fourth-order valence-electron chi connectivity index (χ4n) is 3.43. The van der Waals surface area contributed by atoms with Gasteiger partial charge in [0.2, 0.25) is 0 Å². The molecule has 0 saturated carbocycles. The third-order valence-corrected chi connectivity index (χ3v) is 4.46. The van der Waals surface area contributed by atoms with Crippen LogP contribution in [-0.4, -0.2) is 45.4 Å². The van der Waals surface area contributed by atoms with Crippen LogP contribution in [0.1, 0.15) is 23.6 Å². The van der Waals surface area contributed by atoms with Crippen molar-refractivity contribution < 1.29 is 14.2 Å². The van der Waals surface area contributed by atoms with E-state index in [0.29, 0.717) is 31.8 Å². The second kappa shape index (κ2) is 6.22. The minimum Gasteiger partial charge on any atom is -0.486 e. The molecule has 1 saturated heterocycles. The molecule has 116 valence electrons. The Hall–Kier alpha value is -1.30. The van der Waals surface area contributed by atoms with Crippen molar-refractivity contribution in [3.05, 3.63) is 23.3 Å². The lowest BCUT2D eigenvalue weighted by Gasteiger charge is -2.27. The van der Waals surface area contributed by atoms with E-state index in [0.717, 1.165) is 36.6 Å². The fourth-order valence-corrected chi connectivity index (χ4v) is 3.43. The molecule has 5 nitrogen and oxygen atoms in total. The van der Waals surface area contributed by atoms with Crippen molar-refractivity contribution in [1.82, 2.24) is 4.90 Å². The average Bonchev–Trinajstić information content (AvgIpc) is 2.89. The van der Waals surface area contributed by atoms with E-state index < -0.39 is 0 Å². The van der Waals surface area contributed by atoms with Gasteiger partial charge in [-0.2, -0.15) is 0 Å². The highest BCUT2D eigenvalue weighted by Crippen LogP contribution is 2.43. The van der Waals surface area contributed by atoms with Crippen LogP contribution >= 0.6 is 0 Å². The van der Waals surface area contributed by atoms with Crippen LogP contribution in [0.15, 0.2) is 12.1 Å². The Morgan fingerprint density at radius 1 is 1.33 bits per heavy atom. The van der Waals surface area contributed by atoms with Crippen molar-refractivity contribution in [3.63, 3.8) is 0 Å². The maximum absolute atomic E-state index is 5.85. The van der Waals surface area contributed by atoms with Gasteiger partial charge >= 0.3 is 0 Å². The summed E-state index contributed by atoms with van der Waals surface area (Å²) in [5, 5.41) is 0. The minimum atomic E-state index is 0.375. The molecule has 0 aliphatic carbocycles. The molecule has 21 heavy (non-hydrogen) atoms. The van der Waals surface area contributed by atoms with E-state index in [-0.39, 0.29) is 0 Å². The second-order valence-corrected chi connectivity index (χ2v) is 5.88. The van der Waals surface area contributed by atoms with E-state index in [4.69, 9.17) is 19.9 Å². The standard InChI is InChI=1S/C16H24N2O3/c1-18-9-11(8-17)7-14(18)12-3-4-15-16(13(12)10-19-2)21-6-5-20-15/h3-4,11,14H,5-10,17H2,1-2H3. The van der Waals surface area contributed by atoms with E-state index in [1.54, 1.807) is 7.11 Å². The Morgan fingerprint density at radius 3 is 2.86 bits per heavy atom. The molecule has 1 aromatic rings. The molecular weight excluding hydrogens is 268 g/mol. The summed E-state index contributed by atoms with van der Waals surface area (Å²) in [6.07, 6.45) is 1.09. The molecule has 2 atom stereocenters. The number of hydrogen-bond acceptors (Lipinski definition) is 5. The molecule has 3 rings (SSSR count). The van der Waals surface area contributed by atoms with E-state index >= 15 is 0 Å². The molecule has 0 radical (unpaired) electrons. The molecule has 2 heterocycles. The zero-order valence-electron chi connectivity index (χ0n) is 12.8. The van der Waals surface area contributed by atoms with Gasteiger partial charge in [0.05, 0.1) is 6.61 Å². The van der Waals surface area contributed by atoms with Gasteiger partial charge in [-0.1, -0.05) is 6.07 Å². The fraction of sp³-hybridized carbons (Fsp3) is 0.625. The zero-order chi connectivity index (χ0) is 14.8. The molecule has 1 fully saturated rings. The monoisotopic (exact) mass is 292 g/mol. The van der Waals surface area contributed by atoms with Crippen LogP contribution in [0, 0.1) is 5.92 Å². The molecular formula is C16H24N2O3. The molecule has 5 heteroatoms. The lowest BCUT2D eigenvalue weighted by Crippen LogP contribution is -2.22. The second-order valence-electron chi connectivity index (χ2n) is 5.88. The molecule has 1 aromatic carbocycles. The highest BCUT2D eigenvalue weighted by molar-refractivity contribution is 5.52. The minimum absolute atomic E-state index is 0.375. The number of hydrogen-bond donors (Lipinski definition) is 1. The third-order valence-electron chi connectivity index (χ3n) is 4.46. The molecule has 2 N–H and O–H groups in total. The summed E-state index contributed by atoms with van der Waals surface area (Å²) in [5.74, 6) is 2.24. The van der Waals surface area contributed by atoms with Crippen molar-refractivity contribution >= 4 is 0 Å². The maximum Gasteiger partial charge on any atom is 0.167 e. The summed E-state index contributed by atoms with van der Waals surface area (Å²) in [7, 11) is 3.88. The first-order valence-electron chi connectivity index (χ1n) is 7.55. The van der Waals surface area contributed by atoms with Gasteiger partial charge in [0.15, 0.2) is 11.5 Å². The van der Waals surface area contributed by atoms with Gasteiger partial charge in [0.1, 0.15) is 13.2 Å². The number of nitrogens with zero attached hydrogens (tertiary/aromatic N) is 1. The number of fused-ring (bicyclic) bond motifs is 1. The Morgan fingerprint density at radius 2 is 2.14 bits per heavy atom. The van der Waals surface area contributed by atoms with Crippen molar-refractivity contribution in [3.8, 4) is 11.5 Å². The summed E-state index contributed by atoms with van der Waals surface area (Å²) in [4.78, 5) is 2.38. The van der Waals surface area contributed by atoms with Crippen molar-refractivity contribution in [2.45, 2.75) is 19.1 Å². The van der Waals surface area contributed by atoms with Gasteiger partial charge in [-0.05, 0) is 37.6 Å². The third kappa shape index (κ3) is 2.73. The number of methoxy groups -OCH3 is 1. The average molecular weight is 292 g/mol. The lowest BCUT2D eigenvalue weighted by atomic mass is 9.95. The van der Waals surface area contributed by atoms with Crippen LogP contribution < -0.4 is 15.2 Å². The molecule has 0 bridgehead atoms. The molecule has 2 aliphatic heterocycles. The largest absolute Gasteiger partial charge is 0.486 e.